The maximum Gasteiger partial charge on any atom is 0.335 e. The average Bonchev–Trinajstić information content (AvgIpc) is 2.46. The summed E-state index contributed by atoms with van der Waals surface area (Å²) in [4.78, 5) is 15.1. The van der Waals surface area contributed by atoms with Gasteiger partial charge in [-0.25, -0.2) is 9.18 Å². The van der Waals surface area contributed by atoms with Crippen molar-refractivity contribution < 1.29 is 14.3 Å². The molecule has 0 aliphatic heterocycles. The first-order chi connectivity index (χ1) is 10.1. The number of halogens is 2. The Morgan fingerprint density at radius 3 is 2.71 bits per heavy atom. The van der Waals surface area contributed by atoms with Crippen LogP contribution in [0.15, 0.2) is 48.7 Å². The molecule has 0 unspecified atom stereocenters. The van der Waals surface area contributed by atoms with Crippen molar-refractivity contribution >= 4 is 28.3 Å². The van der Waals surface area contributed by atoms with Crippen LogP contribution in [0.1, 0.15) is 10.4 Å². The Kier molecular flexibility index (Phi) is 3.31. The maximum atomic E-state index is 14.1. The van der Waals surface area contributed by atoms with Crippen molar-refractivity contribution in [3.05, 3.63) is 65.1 Å². The predicted octanol–water partition coefficient (Wildman–Crippen LogP) is 4.39. The van der Waals surface area contributed by atoms with E-state index in [1.807, 2.05) is 6.07 Å². The van der Waals surface area contributed by atoms with Gasteiger partial charge in [-0.1, -0.05) is 35.9 Å². The summed E-state index contributed by atoms with van der Waals surface area (Å²) in [6, 6.07) is 11.2. The van der Waals surface area contributed by atoms with Gasteiger partial charge >= 0.3 is 5.97 Å². The molecule has 1 aromatic heterocycles. The van der Waals surface area contributed by atoms with Crippen LogP contribution in [-0.4, -0.2) is 16.1 Å². The number of benzene rings is 2. The molecule has 5 heteroatoms. The minimum atomic E-state index is -1.03. The number of hydrogen-bond acceptors (Lipinski definition) is 2. The standard InChI is InChI=1S/C16H9ClFNO2/c17-11-7-14(18)15(19-8-11)12-3-1-2-9-4-5-10(16(20)21)6-13(9)12/h1-8H,(H,20,21). The van der Waals surface area contributed by atoms with Crippen molar-refractivity contribution in [1.82, 2.24) is 4.98 Å². The molecule has 0 spiro atoms. The van der Waals surface area contributed by atoms with Crippen molar-refractivity contribution in [2.45, 2.75) is 0 Å². The summed E-state index contributed by atoms with van der Waals surface area (Å²) in [6.45, 7) is 0. The number of aromatic carboxylic acids is 1. The van der Waals surface area contributed by atoms with Crippen LogP contribution < -0.4 is 0 Å². The van der Waals surface area contributed by atoms with E-state index in [1.165, 1.54) is 24.4 Å². The number of aromatic nitrogens is 1. The Labute approximate surface area is 124 Å². The van der Waals surface area contributed by atoms with Crippen LogP contribution in [0, 0.1) is 5.82 Å². The molecule has 3 rings (SSSR count). The van der Waals surface area contributed by atoms with E-state index in [4.69, 9.17) is 16.7 Å². The fourth-order valence-electron chi connectivity index (χ4n) is 2.22. The lowest BCUT2D eigenvalue weighted by Crippen LogP contribution is -1.96. The van der Waals surface area contributed by atoms with E-state index in [0.717, 1.165) is 5.39 Å². The maximum absolute atomic E-state index is 14.1. The molecule has 0 radical (unpaired) electrons. The SMILES string of the molecule is O=C(O)c1ccc2cccc(-c3ncc(Cl)cc3F)c2c1. The van der Waals surface area contributed by atoms with Crippen LogP contribution in [0.4, 0.5) is 4.39 Å². The smallest absolute Gasteiger partial charge is 0.335 e. The lowest BCUT2D eigenvalue weighted by atomic mass is 9.99. The van der Waals surface area contributed by atoms with E-state index >= 15 is 0 Å². The van der Waals surface area contributed by atoms with Gasteiger partial charge in [0, 0.05) is 11.8 Å². The normalized spacial score (nSPS) is 10.8. The van der Waals surface area contributed by atoms with Crippen LogP contribution in [-0.2, 0) is 0 Å². The molecule has 0 bridgehead atoms. The second-order valence-electron chi connectivity index (χ2n) is 4.53. The third kappa shape index (κ3) is 2.45. The first kappa shape index (κ1) is 13.5. The summed E-state index contributed by atoms with van der Waals surface area (Å²) in [5.41, 5.74) is 0.821. The summed E-state index contributed by atoms with van der Waals surface area (Å²) in [7, 11) is 0. The molecule has 0 aliphatic rings. The Balaban J connectivity index is 2.31. The molecule has 21 heavy (non-hydrogen) atoms. The average molecular weight is 302 g/mol. The van der Waals surface area contributed by atoms with E-state index < -0.39 is 11.8 Å². The summed E-state index contributed by atoms with van der Waals surface area (Å²) in [5.74, 6) is -1.58. The Morgan fingerprint density at radius 1 is 1.19 bits per heavy atom. The van der Waals surface area contributed by atoms with Gasteiger partial charge in [-0.3, -0.25) is 4.98 Å². The van der Waals surface area contributed by atoms with Gasteiger partial charge < -0.3 is 5.11 Å². The van der Waals surface area contributed by atoms with E-state index in [0.29, 0.717) is 10.9 Å². The molecular weight excluding hydrogens is 293 g/mol. The molecule has 1 N–H and O–H groups in total. The van der Waals surface area contributed by atoms with Gasteiger partial charge in [-0.15, -0.1) is 0 Å². The first-order valence-electron chi connectivity index (χ1n) is 6.14. The van der Waals surface area contributed by atoms with Crippen LogP contribution in [0.5, 0.6) is 0 Å². The number of pyridine rings is 1. The third-order valence-electron chi connectivity index (χ3n) is 3.19. The minimum absolute atomic E-state index is 0.143. The summed E-state index contributed by atoms with van der Waals surface area (Å²) < 4.78 is 14.1. The Hall–Kier alpha value is -2.46. The van der Waals surface area contributed by atoms with Gasteiger partial charge in [0.2, 0.25) is 0 Å². The molecule has 0 saturated carbocycles. The second kappa shape index (κ2) is 5.14. The van der Waals surface area contributed by atoms with Crippen molar-refractivity contribution in [2.24, 2.45) is 0 Å². The van der Waals surface area contributed by atoms with Crippen molar-refractivity contribution in [3.8, 4) is 11.3 Å². The van der Waals surface area contributed by atoms with Gasteiger partial charge in [0.1, 0.15) is 5.69 Å². The van der Waals surface area contributed by atoms with E-state index in [2.05, 4.69) is 4.98 Å². The van der Waals surface area contributed by atoms with Crippen molar-refractivity contribution in [1.29, 1.82) is 0 Å². The Bertz CT molecular complexity index is 864. The van der Waals surface area contributed by atoms with Gasteiger partial charge in [-0.2, -0.15) is 0 Å². The zero-order valence-corrected chi connectivity index (χ0v) is 11.4. The van der Waals surface area contributed by atoms with Gasteiger partial charge in [0.15, 0.2) is 5.82 Å². The van der Waals surface area contributed by atoms with E-state index in [9.17, 15) is 9.18 Å². The molecule has 0 fully saturated rings. The summed E-state index contributed by atoms with van der Waals surface area (Å²) in [5, 5.41) is 10.7. The topological polar surface area (TPSA) is 50.2 Å². The number of nitrogens with zero attached hydrogens (tertiary/aromatic N) is 1. The number of carboxylic acid groups (broad SMARTS) is 1. The summed E-state index contributed by atoms with van der Waals surface area (Å²) in [6.07, 6.45) is 1.36. The van der Waals surface area contributed by atoms with Crippen molar-refractivity contribution in [2.75, 3.05) is 0 Å². The molecule has 2 aromatic carbocycles. The highest BCUT2D eigenvalue weighted by Crippen LogP contribution is 2.30. The molecule has 0 aliphatic carbocycles. The molecule has 0 atom stereocenters. The van der Waals surface area contributed by atoms with Crippen molar-refractivity contribution in [3.63, 3.8) is 0 Å². The van der Waals surface area contributed by atoms with Crippen LogP contribution in [0.2, 0.25) is 5.02 Å². The third-order valence-corrected chi connectivity index (χ3v) is 3.40. The first-order valence-corrected chi connectivity index (χ1v) is 6.51. The highest BCUT2D eigenvalue weighted by atomic mass is 35.5. The summed E-state index contributed by atoms with van der Waals surface area (Å²) >= 11 is 5.71. The second-order valence-corrected chi connectivity index (χ2v) is 4.97. The molecule has 1 heterocycles. The predicted molar refractivity (Wildman–Crippen MR) is 79.1 cm³/mol. The molecule has 3 aromatic rings. The molecule has 0 amide bonds. The van der Waals surface area contributed by atoms with Gasteiger partial charge in [-0.05, 0) is 29.0 Å². The van der Waals surface area contributed by atoms with E-state index in [-0.39, 0.29) is 16.3 Å². The molecule has 104 valence electrons. The fourth-order valence-corrected chi connectivity index (χ4v) is 2.37. The van der Waals surface area contributed by atoms with Gasteiger partial charge in [0.25, 0.3) is 0 Å². The van der Waals surface area contributed by atoms with Crippen LogP contribution in [0.3, 0.4) is 0 Å². The number of carbonyl (C=O) groups is 1. The molecule has 0 saturated heterocycles. The number of rotatable bonds is 2. The molecular formula is C16H9ClFNO2. The van der Waals surface area contributed by atoms with E-state index in [1.54, 1.807) is 18.2 Å². The number of hydrogen-bond donors (Lipinski definition) is 1. The van der Waals surface area contributed by atoms with Gasteiger partial charge in [0.05, 0.1) is 10.6 Å². The zero-order valence-electron chi connectivity index (χ0n) is 10.7. The Morgan fingerprint density at radius 2 is 2.00 bits per heavy atom. The zero-order chi connectivity index (χ0) is 15.0. The minimum Gasteiger partial charge on any atom is -0.478 e. The highest BCUT2D eigenvalue weighted by Gasteiger charge is 2.12. The monoisotopic (exact) mass is 301 g/mol. The number of carboxylic acids is 1. The lowest BCUT2D eigenvalue weighted by Gasteiger charge is -2.08. The fraction of sp³-hybridized carbons (Fsp3) is 0. The lowest BCUT2D eigenvalue weighted by molar-refractivity contribution is 0.0697. The molecule has 3 nitrogen and oxygen atoms in total. The quantitative estimate of drug-likeness (QED) is 0.763. The van der Waals surface area contributed by atoms with Crippen LogP contribution >= 0.6 is 11.6 Å². The number of fused-ring (bicyclic) bond motifs is 1. The largest absolute Gasteiger partial charge is 0.478 e. The highest BCUT2D eigenvalue weighted by molar-refractivity contribution is 6.30. The van der Waals surface area contributed by atoms with Crippen LogP contribution in [0.25, 0.3) is 22.0 Å².